The van der Waals surface area contributed by atoms with Crippen LogP contribution in [0, 0.1) is 17.3 Å². The van der Waals surface area contributed by atoms with Crippen LogP contribution in [0.3, 0.4) is 0 Å². The molecule has 0 radical (unpaired) electrons. The molecule has 0 bridgehead atoms. The van der Waals surface area contributed by atoms with Gasteiger partial charge in [-0.05, 0) is 39.5 Å². The van der Waals surface area contributed by atoms with Gasteiger partial charge in [-0.25, -0.2) is 0 Å². The first-order valence-electron chi connectivity index (χ1n) is 7.65. The van der Waals surface area contributed by atoms with E-state index in [2.05, 4.69) is 11.4 Å². The van der Waals surface area contributed by atoms with Gasteiger partial charge in [0.15, 0.2) is 0 Å². The molecule has 2 rings (SSSR count). The molecule has 1 fully saturated rings. The maximum Gasteiger partial charge on any atom is 0.230 e. The van der Waals surface area contributed by atoms with Gasteiger partial charge in [0.25, 0.3) is 0 Å². The smallest absolute Gasteiger partial charge is 0.230 e. The third-order valence-electron chi connectivity index (χ3n) is 5.08. The lowest BCUT2D eigenvalue weighted by atomic mass is 9.61. The number of aliphatic hydroxyl groups excluding tert-OH is 1. The van der Waals surface area contributed by atoms with E-state index in [4.69, 9.17) is 11.6 Å². The van der Waals surface area contributed by atoms with Gasteiger partial charge in [-0.3, -0.25) is 9.59 Å². The van der Waals surface area contributed by atoms with Crippen LogP contribution in [0.4, 0.5) is 0 Å². The summed E-state index contributed by atoms with van der Waals surface area (Å²) in [6.45, 7) is 3.29. The van der Waals surface area contributed by atoms with Crippen LogP contribution in [-0.4, -0.2) is 34.8 Å². The molecular weight excluding hydrogens is 290 g/mol. The highest BCUT2D eigenvalue weighted by Crippen LogP contribution is 2.44. The van der Waals surface area contributed by atoms with Crippen LogP contribution in [0.2, 0.25) is 0 Å². The predicted octanol–water partition coefficient (Wildman–Crippen LogP) is 2.04. The number of alkyl halides is 1. The summed E-state index contributed by atoms with van der Waals surface area (Å²) < 4.78 is 0. The van der Waals surface area contributed by atoms with Gasteiger partial charge in [-0.2, -0.15) is 0 Å². The van der Waals surface area contributed by atoms with E-state index in [-0.39, 0.29) is 29.6 Å². The van der Waals surface area contributed by atoms with Crippen molar-refractivity contribution in [2.45, 2.75) is 51.7 Å². The molecule has 5 atom stereocenters. The second kappa shape index (κ2) is 6.49. The molecule has 1 aliphatic carbocycles. The van der Waals surface area contributed by atoms with Crippen LogP contribution in [0.5, 0.6) is 0 Å². The van der Waals surface area contributed by atoms with Crippen molar-refractivity contribution in [1.29, 1.82) is 0 Å². The highest BCUT2D eigenvalue weighted by atomic mass is 35.5. The minimum atomic E-state index is -0.908. The highest BCUT2D eigenvalue weighted by molar-refractivity contribution is 6.18. The van der Waals surface area contributed by atoms with Crippen molar-refractivity contribution in [2.24, 2.45) is 17.3 Å². The van der Waals surface area contributed by atoms with Gasteiger partial charge >= 0.3 is 0 Å². The molecule has 4 nitrogen and oxygen atoms in total. The van der Waals surface area contributed by atoms with Crippen molar-refractivity contribution >= 4 is 23.3 Å². The van der Waals surface area contributed by atoms with E-state index in [0.717, 1.165) is 19.3 Å². The normalized spacial score (nSPS) is 34.8. The number of hydrogen-bond donors (Lipinski definition) is 2. The summed E-state index contributed by atoms with van der Waals surface area (Å²) in [4.78, 5) is 24.0. The first-order chi connectivity index (χ1) is 9.92. The van der Waals surface area contributed by atoms with E-state index in [0.29, 0.717) is 12.3 Å². The van der Waals surface area contributed by atoms with Crippen molar-refractivity contribution in [3.05, 3.63) is 12.2 Å². The van der Waals surface area contributed by atoms with Crippen LogP contribution < -0.4 is 5.32 Å². The first-order valence-corrected chi connectivity index (χ1v) is 8.18. The Bertz CT molecular complexity index is 451. The van der Waals surface area contributed by atoms with Gasteiger partial charge in [-0.15, -0.1) is 11.6 Å². The molecule has 118 valence electrons. The number of carbonyl (C=O) groups is 2. The number of Topliss-reactive ketones (excluding diaryl/α,β-unsaturated/α-hetero) is 1. The Kier molecular flexibility index (Phi) is 5.10. The zero-order chi connectivity index (χ0) is 15.6. The number of allylic oxidation sites excluding steroid dienone is 1. The van der Waals surface area contributed by atoms with E-state index in [9.17, 15) is 14.7 Å². The molecule has 1 aliphatic heterocycles. The molecule has 2 N–H and O–H groups in total. The molecule has 5 heteroatoms. The molecule has 1 amide bonds. The Labute approximate surface area is 130 Å². The zero-order valence-electron chi connectivity index (χ0n) is 12.6. The molecule has 2 unspecified atom stereocenters. The summed E-state index contributed by atoms with van der Waals surface area (Å²) in [7, 11) is 0. The quantitative estimate of drug-likeness (QED) is 0.448. The fourth-order valence-electron chi connectivity index (χ4n) is 3.62. The first kappa shape index (κ1) is 16.5. The number of nitrogens with one attached hydrogen (secondary N) is 1. The standard InChI is InChI=1S/C16H24ClNO3/c1-10(19)12(8-9-17)13-16(2,15(21)18-13)14(20)11-6-4-3-5-7-11/h4,6,11-14,20H,3,5,7-9H2,1-2H3,(H,18,21)/t11-,12?,13+,14+,16?/m1/s1. The van der Waals surface area contributed by atoms with Crippen molar-refractivity contribution in [3.63, 3.8) is 0 Å². The number of halogens is 1. The summed E-state index contributed by atoms with van der Waals surface area (Å²) >= 11 is 5.78. The number of rotatable bonds is 6. The fraction of sp³-hybridized carbons (Fsp3) is 0.750. The molecule has 2 aliphatic rings. The van der Waals surface area contributed by atoms with Crippen LogP contribution in [0.15, 0.2) is 12.2 Å². The Hall–Kier alpha value is -0.870. The van der Waals surface area contributed by atoms with Gasteiger partial charge in [0.2, 0.25) is 5.91 Å². The van der Waals surface area contributed by atoms with Gasteiger partial charge in [0.05, 0.1) is 17.6 Å². The molecule has 0 aromatic carbocycles. The zero-order valence-corrected chi connectivity index (χ0v) is 13.4. The van der Waals surface area contributed by atoms with Gasteiger partial charge in [0.1, 0.15) is 5.78 Å². The molecule has 0 spiro atoms. The van der Waals surface area contributed by atoms with Crippen LogP contribution >= 0.6 is 11.6 Å². The highest BCUT2D eigenvalue weighted by Gasteiger charge is 2.60. The summed E-state index contributed by atoms with van der Waals surface area (Å²) in [6, 6.07) is -0.327. The predicted molar refractivity (Wildman–Crippen MR) is 82.0 cm³/mol. The summed E-state index contributed by atoms with van der Waals surface area (Å²) in [5, 5.41) is 13.6. The number of β-lactam (4-membered cyclic amide) rings is 1. The Morgan fingerprint density at radius 3 is 2.81 bits per heavy atom. The minimum Gasteiger partial charge on any atom is -0.391 e. The van der Waals surface area contributed by atoms with Gasteiger partial charge in [-0.1, -0.05) is 12.2 Å². The Morgan fingerprint density at radius 1 is 1.62 bits per heavy atom. The van der Waals surface area contributed by atoms with E-state index in [1.165, 1.54) is 6.92 Å². The molecule has 1 saturated heterocycles. The second-order valence-electron chi connectivity index (χ2n) is 6.40. The van der Waals surface area contributed by atoms with Crippen molar-refractivity contribution in [3.8, 4) is 0 Å². The molecular formula is C16H24ClNO3. The third kappa shape index (κ3) is 2.88. The number of carbonyl (C=O) groups excluding carboxylic acids is 2. The SMILES string of the molecule is CC(=O)C(CCCl)[C@@H]1NC(=O)C1(C)[C@@H](O)[C@@H]1C=CCCC1. The number of ketones is 1. The maximum atomic E-state index is 12.1. The maximum absolute atomic E-state index is 12.1. The van der Waals surface area contributed by atoms with E-state index >= 15 is 0 Å². The lowest BCUT2D eigenvalue weighted by Crippen LogP contribution is -2.74. The van der Waals surface area contributed by atoms with Gasteiger partial charge < -0.3 is 10.4 Å². The molecule has 0 saturated carbocycles. The Balaban J connectivity index is 2.20. The average molecular weight is 314 g/mol. The minimum absolute atomic E-state index is 0.0123. The Morgan fingerprint density at radius 2 is 2.33 bits per heavy atom. The molecule has 0 aromatic heterocycles. The molecule has 21 heavy (non-hydrogen) atoms. The number of hydrogen-bond acceptors (Lipinski definition) is 3. The average Bonchev–Trinajstić information content (AvgIpc) is 2.49. The second-order valence-corrected chi connectivity index (χ2v) is 6.77. The summed E-state index contributed by atoms with van der Waals surface area (Å²) in [6.07, 6.45) is 6.76. The topological polar surface area (TPSA) is 66.4 Å². The van der Waals surface area contributed by atoms with Gasteiger partial charge in [0, 0.05) is 17.7 Å². The van der Waals surface area contributed by atoms with E-state index in [1.54, 1.807) is 6.92 Å². The number of aliphatic hydroxyl groups is 1. The van der Waals surface area contributed by atoms with E-state index < -0.39 is 11.5 Å². The summed E-state index contributed by atoms with van der Waals surface area (Å²) in [5.74, 6) is -0.127. The third-order valence-corrected chi connectivity index (χ3v) is 5.30. The van der Waals surface area contributed by atoms with Crippen LogP contribution in [-0.2, 0) is 9.59 Å². The lowest BCUT2D eigenvalue weighted by Gasteiger charge is -2.53. The van der Waals surface area contributed by atoms with Crippen molar-refractivity contribution in [2.75, 3.05) is 5.88 Å². The largest absolute Gasteiger partial charge is 0.391 e. The van der Waals surface area contributed by atoms with E-state index in [1.807, 2.05) is 6.08 Å². The van der Waals surface area contributed by atoms with Crippen molar-refractivity contribution in [1.82, 2.24) is 5.32 Å². The van der Waals surface area contributed by atoms with Crippen LogP contribution in [0.1, 0.15) is 39.5 Å². The van der Waals surface area contributed by atoms with Crippen molar-refractivity contribution < 1.29 is 14.7 Å². The molecule has 0 aromatic rings. The number of amides is 1. The summed E-state index contributed by atoms with van der Waals surface area (Å²) in [5.41, 5.74) is -0.908. The molecule has 1 heterocycles. The lowest BCUT2D eigenvalue weighted by molar-refractivity contribution is -0.164. The van der Waals surface area contributed by atoms with Crippen LogP contribution in [0.25, 0.3) is 0 Å². The fourth-order valence-corrected chi connectivity index (χ4v) is 3.85. The monoisotopic (exact) mass is 313 g/mol.